The zero-order valence-electron chi connectivity index (χ0n) is 40.2. The van der Waals surface area contributed by atoms with Crippen LogP contribution in [-0.2, 0) is 19.1 Å². The Morgan fingerprint density at radius 1 is 0.662 bits per heavy atom. The van der Waals surface area contributed by atoms with Gasteiger partial charge in [0.05, 0.1) is 56.1 Å². The molecule has 5 heterocycles. The first-order valence-electron chi connectivity index (χ1n) is 24.7. The number of imidazole rings is 2. The van der Waals surface area contributed by atoms with E-state index in [-0.39, 0.29) is 41.8 Å². The highest BCUT2D eigenvalue weighted by Crippen LogP contribution is 2.47. The SMILES string of the molecule is COC(=O)N[C@H](C(=O)N1CCC[C@H]1c1ncc(C2=CCC([C@H]3CC[C@@H](c4ccc(-c5cnc([C@@H]6CCCN6C(=O)[C@@H](NC(=O)OC)C(C)C)[nH]5)cc4)N3c3ccc(C4CC4)cc3)C=C2)[nH]1)C(C)C. The molecule has 4 fully saturated rings. The number of nitrogens with zero attached hydrogens (tertiary/aromatic N) is 5. The van der Waals surface area contributed by atoms with E-state index in [1.807, 2.05) is 49.9 Å². The zero-order chi connectivity index (χ0) is 47.6. The summed E-state index contributed by atoms with van der Waals surface area (Å²) in [7, 11) is 2.61. The van der Waals surface area contributed by atoms with E-state index in [0.29, 0.717) is 31.0 Å². The third kappa shape index (κ3) is 9.66. The van der Waals surface area contributed by atoms with Crippen molar-refractivity contribution in [3.8, 4) is 11.3 Å². The van der Waals surface area contributed by atoms with Crippen LogP contribution in [0.5, 0.6) is 0 Å². The molecule has 4 N–H and O–H groups in total. The van der Waals surface area contributed by atoms with Crippen molar-refractivity contribution < 1.29 is 28.7 Å². The molecule has 4 aromatic rings. The van der Waals surface area contributed by atoms with Gasteiger partial charge in [0.2, 0.25) is 11.8 Å². The third-order valence-corrected chi connectivity index (χ3v) is 14.9. The monoisotopic (exact) mass is 926 g/mol. The number of hydrogen-bond acceptors (Lipinski definition) is 9. The molecular formula is C53H67N9O6. The number of amides is 4. The summed E-state index contributed by atoms with van der Waals surface area (Å²) in [5.41, 5.74) is 7.91. The van der Waals surface area contributed by atoms with Gasteiger partial charge in [0, 0.05) is 30.7 Å². The predicted molar refractivity (Wildman–Crippen MR) is 260 cm³/mol. The maximum Gasteiger partial charge on any atom is 0.407 e. The van der Waals surface area contributed by atoms with Crippen LogP contribution in [0.15, 0.2) is 79.2 Å². The lowest BCUT2D eigenvalue weighted by molar-refractivity contribution is -0.136. The Morgan fingerprint density at radius 3 is 1.72 bits per heavy atom. The minimum Gasteiger partial charge on any atom is -0.453 e. The Bertz CT molecular complexity index is 2510. The second kappa shape index (κ2) is 20.1. The summed E-state index contributed by atoms with van der Waals surface area (Å²) in [5, 5.41) is 5.47. The van der Waals surface area contributed by atoms with Gasteiger partial charge in [0.25, 0.3) is 0 Å². The Hall–Kier alpha value is -6.38. The molecule has 9 rings (SSSR count). The average Bonchev–Trinajstić information content (AvgIpc) is 3.97. The van der Waals surface area contributed by atoms with Gasteiger partial charge in [-0.1, -0.05) is 82.3 Å². The van der Waals surface area contributed by atoms with Gasteiger partial charge >= 0.3 is 12.2 Å². The quantitative estimate of drug-likeness (QED) is 0.0961. The number of methoxy groups -OCH3 is 2. The van der Waals surface area contributed by atoms with E-state index in [9.17, 15) is 19.2 Å². The van der Waals surface area contributed by atoms with Crippen LogP contribution in [0.1, 0.15) is 138 Å². The number of carbonyl (C=O) groups is 4. The maximum absolute atomic E-state index is 13.7. The lowest BCUT2D eigenvalue weighted by Gasteiger charge is -2.37. The lowest BCUT2D eigenvalue weighted by Crippen LogP contribution is -2.51. The van der Waals surface area contributed by atoms with Crippen molar-refractivity contribution in [1.82, 2.24) is 40.4 Å². The lowest BCUT2D eigenvalue weighted by atomic mass is 9.88. The van der Waals surface area contributed by atoms with Crippen LogP contribution >= 0.6 is 0 Å². The number of hydrogen-bond donors (Lipinski definition) is 4. The van der Waals surface area contributed by atoms with Gasteiger partial charge < -0.3 is 44.8 Å². The van der Waals surface area contributed by atoms with Crippen LogP contribution < -0.4 is 15.5 Å². The summed E-state index contributed by atoms with van der Waals surface area (Å²) < 4.78 is 9.63. The second-order valence-electron chi connectivity index (χ2n) is 19.9. The Labute approximate surface area is 399 Å². The topological polar surface area (TPSA) is 178 Å². The molecule has 15 heteroatoms. The number of ether oxygens (including phenoxy) is 2. The predicted octanol–water partition coefficient (Wildman–Crippen LogP) is 9.14. The number of aromatic amines is 2. The van der Waals surface area contributed by atoms with Crippen molar-refractivity contribution in [3.05, 3.63) is 108 Å². The van der Waals surface area contributed by atoms with Crippen LogP contribution in [0.3, 0.4) is 0 Å². The molecule has 0 spiro atoms. The summed E-state index contributed by atoms with van der Waals surface area (Å²) in [6.07, 6.45) is 18.3. The van der Waals surface area contributed by atoms with Crippen molar-refractivity contribution in [2.24, 2.45) is 17.8 Å². The highest BCUT2D eigenvalue weighted by atomic mass is 16.5. The van der Waals surface area contributed by atoms with Crippen molar-refractivity contribution >= 4 is 35.3 Å². The molecule has 3 aliphatic heterocycles. The van der Waals surface area contributed by atoms with E-state index < -0.39 is 24.3 Å². The van der Waals surface area contributed by atoms with Crippen LogP contribution in [-0.4, -0.2) is 99.2 Å². The first-order valence-corrected chi connectivity index (χ1v) is 24.7. The molecule has 2 aliphatic carbocycles. The summed E-state index contributed by atoms with van der Waals surface area (Å²) in [5.74, 6) is 2.06. The smallest absolute Gasteiger partial charge is 0.407 e. The van der Waals surface area contributed by atoms with Gasteiger partial charge in [0.1, 0.15) is 23.7 Å². The van der Waals surface area contributed by atoms with Crippen molar-refractivity contribution in [1.29, 1.82) is 0 Å². The molecule has 2 aromatic carbocycles. The van der Waals surface area contributed by atoms with Crippen LogP contribution in [0.2, 0.25) is 0 Å². The van der Waals surface area contributed by atoms with Gasteiger partial charge in [-0.05, 0) is 110 Å². The van der Waals surface area contributed by atoms with Crippen LogP contribution in [0.25, 0.3) is 16.8 Å². The van der Waals surface area contributed by atoms with Gasteiger partial charge in [-0.25, -0.2) is 19.6 Å². The highest BCUT2D eigenvalue weighted by molar-refractivity contribution is 5.87. The molecular weight excluding hydrogens is 859 g/mol. The fourth-order valence-electron chi connectivity index (χ4n) is 11.0. The minimum absolute atomic E-state index is 0.101. The molecule has 360 valence electrons. The third-order valence-electron chi connectivity index (χ3n) is 14.9. The fraction of sp³-hybridized carbons (Fsp3) is 0.509. The van der Waals surface area contributed by atoms with E-state index >= 15 is 0 Å². The van der Waals surface area contributed by atoms with Gasteiger partial charge in [-0.3, -0.25) is 9.59 Å². The number of benzene rings is 2. The largest absolute Gasteiger partial charge is 0.453 e. The Morgan fingerprint density at radius 2 is 1.21 bits per heavy atom. The number of carbonyl (C=O) groups excluding carboxylic acids is 4. The number of rotatable bonds is 14. The summed E-state index contributed by atoms with van der Waals surface area (Å²) in [6.45, 7) is 8.89. The normalized spacial score (nSPS) is 23.5. The summed E-state index contributed by atoms with van der Waals surface area (Å²) >= 11 is 0. The summed E-state index contributed by atoms with van der Waals surface area (Å²) in [6, 6.07) is 16.9. The van der Waals surface area contributed by atoms with Gasteiger partial charge in [0.15, 0.2) is 0 Å². The number of nitrogens with one attached hydrogen (secondary N) is 4. The number of allylic oxidation sites excluding steroid dienone is 3. The molecule has 4 amide bonds. The van der Waals surface area contributed by atoms with Crippen LogP contribution in [0.4, 0.5) is 15.3 Å². The molecule has 5 aliphatic rings. The number of alkyl carbamates (subject to hydrolysis) is 2. The molecule has 0 bridgehead atoms. The summed E-state index contributed by atoms with van der Waals surface area (Å²) in [4.78, 5) is 74.7. The van der Waals surface area contributed by atoms with Crippen molar-refractivity contribution in [2.45, 2.75) is 128 Å². The standard InChI is InChI=1S/C53H67N9O6/c1-31(2)46(58-52(65)67-5)50(63)60-27-7-9-44(60)48-54-29-40(56-48)35-13-17-37(18-14-35)42-25-26-43(62(42)39-23-21-34(22-24-39)33-11-12-33)38-19-15-36(16-20-38)41-30-55-49(57-41)45-10-8-28-61(45)51(64)47(32(3)4)59-53(66)68-6/h13-19,21-24,29-33,38,42-47H,7-12,20,25-28H2,1-6H3,(H,54,56)(H,55,57)(H,58,65)(H,59,66)/t38?,42-,43+,44-,45-,46-,47-/m0/s1. The fourth-order valence-corrected chi connectivity index (χ4v) is 11.0. The average molecular weight is 926 g/mol. The Balaban J connectivity index is 0.893. The van der Waals surface area contributed by atoms with Crippen molar-refractivity contribution in [3.63, 3.8) is 0 Å². The molecule has 68 heavy (non-hydrogen) atoms. The molecule has 1 saturated carbocycles. The van der Waals surface area contributed by atoms with E-state index in [1.165, 1.54) is 43.9 Å². The van der Waals surface area contributed by atoms with Gasteiger partial charge in [-0.15, -0.1) is 0 Å². The maximum atomic E-state index is 13.7. The van der Waals surface area contributed by atoms with E-state index in [1.54, 1.807) is 0 Å². The van der Waals surface area contributed by atoms with E-state index in [2.05, 4.69) is 92.3 Å². The molecule has 15 nitrogen and oxygen atoms in total. The first-order chi connectivity index (χ1) is 32.9. The number of aromatic nitrogens is 4. The van der Waals surface area contributed by atoms with E-state index in [4.69, 9.17) is 19.4 Å². The zero-order valence-corrected chi connectivity index (χ0v) is 40.2. The number of likely N-dealkylation sites (tertiary alicyclic amines) is 2. The molecule has 2 aromatic heterocycles. The molecule has 1 unspecified atom stereocenters. The van der Waals surface area contributed by atoms with E-state index in [0.717, 1.165) is 79.1 Å². The van der Waals surface area contributed by atoms with Crippen LogP contribution in [0, 0.1) is 17.8 Å². The molecule has 7 atom stereocenters. The minimum atomic E-state index is -0.687. The Kier molecular flexibility index (Phi) is 13.8. The molecule has 3 saturated heterocycles. The first kappa shape index (κ1) is 46.7. The number of anilines is 1. The van der Waals surface area contributed by atoms with Crippen molar-refractivity contribution in [2.75, 3.05) is 32.2 Å². The molecule has 0 radical (unpaired) electrons. The highest BCUT2D eigenvalue weighted by Gasteiger charge is 2.41. The van der Waals surface area contributed by atoms with Gasteiger partial charge in [-0.2, -0.15) is 0 Å². The number of H-pyrrole nitrogens is 2. The second-order valence-corrected chi connectivity index (χ2v) is 19.9.